The molecule has 0 saturated heterocycles. The van der Waals surface area contributed by atoms with Crippen LogP contribution in [0.4, 0.5) is 24.5 Å². The summed E-state index contributed by atoms with van der Waals surface area (Å²) in [4.78, 5) is 27.1. The van der Waals surface area contributed by atoms with Crippen LogP contribution < -0.4 is 10.2 Å². The van der Waals surface area contributed by atoms with E-state index in [9.17, 15) is 22.8 Å². The second kappa shape index (κ2) is 7.51. The molecular formula is C23H15F3N2O2. The average Bonchev–Trinajstić information content (AvgIpc) is 2.96. The van der Waals surface area contributed by atoms with Crippen LogP contribution in [0.3, 0.4) is 0 Å². The number of anilines is 2. The highest BCUT2D eigenvalue weighted by Gasteiger charge is 2.40. The molecule has 1 N–H and O–H groups in total. The van der Waals surface area contributed by atoms with E-state index >= 15 is 0 Å². The van der Waals surface area contributed by atoms with Crippen molar-refractivity contribution in [1.29, 1.82) is 0 Å². The molecule has 7 heteroatoms. The molecule has 0 aliphatic carbocycles. The standard InChI is InChI=1S/C23H15F3N2O2/c1-13-4-2-3-5-19(13)27-21-20(14-6-8-15(24)9-7-14)22(29)28(23(21)30)16-10-11-17(25)18(26)12-16/h2-12,27H,1H3. The molecule has 2 amide bonds. The fourth-order valence-corrected chi connectivity index (χ4v) is 3.24. The van der Waals surface area contributed by atoms with Gasteiger partial charge in [-0.25, -0.2) is 18.1 Å². The van der Waals surface area contributed by atoms with E-state index in [2.05, 4.69) is 5.32 Å². The zero-order valence-electron chi connectivity index (χ0n) is 15.7. The maximum absolute atomic E-state index is 13.8. The lowest BCUT2D eigenvalue weighted by molar-refractivity contribution is -0.120. The van der Waals surface area contributed by atoms with Crippen molar-refractivity contribution in [2.45, 2.75) is 6.92 Å². The molecular weight excluding hydrogens is 393 g/mol. The van der Waals surface area contributed by atoms with Crippen molar-refractivity contribution in [2.75, 3.05) is 10.2 Å². The number of hydrogen-bond donors (Lipinski definition) is 1. The number of hydrogen-bond acceptors (Lipinski definition) is 3. The second-order valence-corrected chi connectivity index (χ2v) is 6.74. The number of imide groups is 1. The number of para-hydroxylation sites is 1. The normalized spacial score (nSPS) is 13.9. The number of aryl methyl sites for hydroxylation is 1. The number of halogens is 3. The Balaban J connectivity index is 1.84. The van der Waals surface area contributed by atoms with E-state index in [4.69, 9.17) is 0 Å². The van der Waals surface area contributed by atoms with E-state index in [-0.39, 0.29) is 17.0 Å². The zero-order chi connectivity index (χ0) is 21.4. The lowest BCUT2D eigenvalue weighted by Gasteiger charge is -2.16. The summed E-state index contributed by atoms with van der Waals surface area (Å²) in [5.41, 5.74) is 1.61. The van der Waals surface area contributed by atoms with Gasteiger partial charge in [0.05, 0.1) is 11.3 Å². The number of rotatable bonds is 4. The molecule has 3 aromatic carbocycles. The van der Waals surface area contributed by atoms with Crippen LogP contribution in [0.2, 0.25) is 0 Å². The van der Waals surface area contributed by atoms with Crippen LogP contribution in [0.1, 0.15) is 11.1 Å². The van der Waals surface area contributed by atoms with Crippen LogP contribution in [0, 0.1) is 24.4 Å². The topological polar surface area (TPSA) is 49.4 Å². The molecule has 0 unspecified atom stereocenters. The van der Waals surface area contributed by atoms with Crippen LogP contribution in [0.25, 0.3) is 5.57 Å². The Bertz CT molecular complexity index is 1200. The van der Waals surface area contributed by atoms with E-state index in [1.807, 2.05) is 19.1 Å². The molecule has 4 nitrogen and oxygen atoms in total. The van der Waals surface area contributed by atoms with E-state index in [0.717, 1.165) is 28.7 Å². The smallest absolute Gasteiger partial charge is 0.282 e. The summed E-state index contributed by atoms with van der Waals surface area (Å²) >= 11 is 0. The van der Waals surface area contributed by atoms with Gasteiger partial charge in [-0.1, -0.05) is 30.3 Å². The molecule has 0 atom stereocenters. The third kappa shape index (κ3) is 3.34. The SMILES string of the molecule is Cc1ccccc1NC1=C(c2ccc(F)cc2)C(=O)N(c2ccc(F)c(F)c2)C1=O. The van der Waals surface area contributed by atoms with Gasteiger partial charge in [0, 0.05) is 11.8 Å². The highest BCUT2D eigenvalue weighted by atomic mass is 19.2. The van der Waals surface area contributed by atoms with Gasteiger partial charge in [-0.05, 0) is 48.4 Å². The first-order valence-electron chi connectivity index (χ1n) is 9.03. The van der Waals surface area contributed by atoms with Crippen molar-refractivity contribution in [3.8, 4) is 0 Å². The third-order valence-corrected chi connectivity index (χ3v) is 4.78. The molecule has 30 heavy (non-hydrogen) atoms. The van der Waals surface area contributed by atoms with E-state index in [1.54, 1.807) is 12.1 Å². The first kappa shape index (κ1) is 19.4. The quantitative estimate of drug-likeness (QED) is 0.631. The third-order valence-electron chi connectivity index (χ3n) is 4.78. The fraction of sp³-hybridized carbons (Fsp3) is 0.0435. The molecule has 4 rings (SSSR count). The minimum Gasteiger partial charge on any atom is -0.350 e. The maximum Gasteiger partial charge on any atom is 0.282 e. The Morgan fingerprint density at radius 3 is 2.17 bits per heavy atom. The summed E-state index contributed by atoms with van der Waals surface area (Å²) in [7, 11) is 0. The lowest BCUT2D eigenvalue weighted by atomic mass is 10.0. The molecule has 0 bridgehead atoms. The molecule has 1 aliphatic rings. The Kier molecular flexibility index (Phi) is 4.87. The van der Waals surface area contributed by atoms with Crippen molar-refractivity contribution in [2.24, 2.45) is 0 Å². The van der Waals surface area contributed by atoms with E-state index in [1.165, 1.54) is 24.3 Å². The summed E-state index contributed by atoms with van der Waals surface area (Å²) in [6, 6.07) is 15.0. The maximum atomic E-state index is 13.8. The second-order valence-electron chi connectivity index (χ2n) is 6.74. The first-order valence-corrected chi connectivity index (χ1v) is 9.03. The van der Waals surface area contributed by atoms with Crippen LogP contribution in [0.15, 0.2) is 72.4 Å². The van der Waals surface area contributed by atoms with Crippen molar-refractivity contribution in [1.82, 2.24) is 0 Å². The van der Waals surface area contributed by atoms with E-state index < -0.39 is 29.3 Å². The largest absolute Gasteiger partial charge is 0.350 e. The van der Waals surface area contributed by atoms with Crippen molar-refractivity contribution in [3.63, 3.8) is 0 Å². The number of nitrogens with zero attached hydrogens (tertiary/aromatic N) is 1. The number of carbonyl (C=O) groups excluding carboxylic acids is 2. The number of nitrogens with one attached hydrogen (secondary N) is 1. The minimum atomic E-state index is -1.18. The molecule has 1 aliphatic heterocycles. The molecule has 150 valence electrons. The minimum absolute atomic E-state index is 0.00739. The Hall–Kier alpha value is -3.87. The average molecular weight is 408 g/mol. The van der Waals surface area contributed by atoms with Crippen LogP contribution >= 0.6 is 0 Å². The molecule has 0 fully saturated rings. The summed E-state index contributed by atoms with van der Waals surface area (Å²) in [5, 5.41) is 2.98. The highest BCUT2D eigenvalue weighted by Crippen LogP contribution is 2.34. The Morgan fingerprint density at radius 2 is 1.50 bits per heavy atom. The summed E-state index contributed by atoms with van der Waals surface area (Å²) < 4.78 is 40.5. The van der Waals surface area contributed by atoms with Gasteiger partial charge < -0.3 is 5.32 Å². The Morgan fingerprint density at radius 1 is 0.800 bits per heavy atom. The van der Waals surface area contributed by atoms with Gasteiger partial charge >= 0.3 is 0 Å². The predicted octanol–water partition coefficient (Wildman–Crippen LogP) is 4.81. The van der Waals surface area contributed by atoms with Gasteiger partial charge in [0.15, 0.2) is 11.6 Å². The lowest BCUT2D eigenvalue weighted by Crippen LogP contribution is -2.32. The molecule has 3 aromatic rings. The molecule has 0 spiro atoms. The van der Waals surface area contributed by atoms with Gasteiger partial charge in [0.1, 0.15) is 11.5 Å². The first-order chi connectivity index (χ1) is 14.4. The summed E-state index contributed by atoms with van der Waals surface area (Å²) in [6.07, 6.45) is 0. The Labute approximate surface area is 170 Å². The van der Waals surface area contributed by atoms with Gasteiger partial charge in [0.2, 0.25) is 0 Å². The van der Waals surface area contributed by atoms with Gasteiger partial charge in [-0.15, -0.1) is 0 Å². The van der Waals surface area contributed by atoms with Crippen LogP contribution in [-0.2, 0) is 9.59 Å². The molecule has 0 aromatic heterocycles. The zero-order valence-corrected chi connectivity index (χ0v) is 15.7. The van der Waals surface area contributed by atoms with Crippen LogP contribution in [0.5, 0.6) is 0 Å². The predicted molar refractivity (Wildman–Crippen MR) is 107 cm³/mol. The molecule has 1 heterocycles. The van der Waals surface area contributed by atoms with Crippen molar-refractivity contribution in [3.05, 3.63) is 101 Å². The van der Waals surface area contributed by atoms with Crippen molar-refractivity contribution < 1.29 is 22.8 Å². The molecule has 0 saturated carbocycles. The van der Waals surface area contributed by atoms with Crippen molar-refractivity contribution >= 4 is 28.8 Å². The van der Waals surface area contributed by atoms with E-state index in [0.29, 0.717) is 11.3 Å². The number of carbonyl (C=O) groups is 2. The van der Waals surface area contributed by atoms with Gasteiger partial charge in [-0.3, -0.25) is 9.59 Å². The van der Waals surface area contributed by atoms with Gasteiger partial charge in [0.25, 0.3) is 11.8 Å². The monoisotopic (exact) mass is 408 g/mol. The number of benzene rings is 3. The molecule has 0 radical (unpaired) electrons. The number of amides is 2. The highest BCUT2D eigenvalue weighted by molar-refractivity contribution is 6.46. The van der Waals surface area contributed by atoms with Gasteiger partial charge in [-0.2, -0.15) is 0 Å². The summed E-state index contributed by atoms with van der Waals surface area (Å²) in [6.45, 7) is 1.83. The summed E-state index contributed by atoms with van der Waals surface area (Å²) in [5.74, 6) is -4.23. The van der Waals surface area contributed by atoms with Crippen LogP contribution in [-0.4, -0.2) is 11.8 Å². The fourth-order valence-electron chi connectivity index (χ4n) is 3.24.